The standard InChI is InChI=1S/C16H24ClN3O3.2ClH/c17-15-2-1-3-16(18-15)23-14(12-19-4-8-21-9-5-19)13-20-6-10-22-11-7-20;;/h1-3,14H,4-13H2;2*1H. The van der Waals surface area contributed by atoms with Crippen molar-refractivity contribution in [2.24, 2.45) is 0 Å². The van der Waals surface area contributed by atoms with Crippen molar-refractivity contribution in [3.8, 4) is 5.88 Å². The summed E-state index contributed by atoms with van der Waals surface area (Å²) < 4.78 is 17.1. The van der Waals surface area contributed by atoms with E-state index in [0.717, 1.165) is 65.7 Å². The normalized spacial score (nSPS) is 19.1. The van der Waals surface area contributed by atoms with Crippen molar-refractivity contribution in [1.82, 2.24) is 4.98 Å². The van der Waals surface area contributed by atoms with Gasteiger partial charge in [-0.05, 0) is 6.07 Å². The molecule has 144 valence electrons. The van der Waals surface area contributed by atoms with Crippen LogP contribution in [0.25, 0.3) is 0 Å². The van der Waals surface area contributed by atoms with Crippen LogP contribution >= 0.6 is 11.6 Å². The number of nitrogens with one attached hydrogen (secondary N) is 2. The molecule has 6 nitrogen and oxygen atoms in total. The Morgan fingerprint density at radius 1 is 0.960 bits per heavy atom. The van der Waals surface area contributed by atoms with Gasteiger partial charge in [-0.1, -0.05) is 17.7 Å². The van der Waals surface area contributed by atoms with E-state index in [0.29, 0.717) is 11.0 Å². The number of quaternary nitrogens is 2. The molecular weight excluding hydrogens is 389 g/mol. The third kappa shape index (κ3) is 7.83. The van der Waals surface area contributed by atoms with Gasteiger partial charge in [-0.15, -0.1) is 0 Å². The first kappa shape index (κ1) is 22.7. The molecule has 2 fully saturated rings. The topological polar surface area (TPSA) is 49.5 Å². The number of hydrogen-bond acceptors (Lipinski definition) is 4. The first-order valence-corrected chi connectivity index (χ1v) is 8.79. The van der Waals surface area contributed by atoms with E-state index in [1.165, 1.54) is 9.80 Å². The van der Waals surface area contributed by atoms with E-state index in [1.54, 1.807) is 6.07 Å². The predicted octanol–water partition coefficient (Wildman–Crippen LogP) is -7.68. The molecule has 2 N–H and O–H groups in total. The minimum Gasteiger partial charge on any atom is -1.00 e. The van der Waals surface area contributed by atoms with Crippen LogP contribution in [0.5, 0.6) is 5.88 Å². The van der Waals surface area contributed by atoms with Crippen molar-refractivity contribution in [2.45, 2.75) is 6.10 Å². The second-order valence-electron chi connectivity index (χ2n) is 6.17. The molecule has 1 aromatic heterocycles. The van der Waals surface area contributed by atoms with Gasteiger partial charge in [0.2, 0.25) is 5.88 Å². The van der Waals surface area contributed by atoms with Gasteiger partial charge in [-0.25, -0.2) is 4.98 Å². The third-order valence-corrected chi connectivity index (χ3v) is 4.62. The molecule has 3 heterocycles. The molecule has 0 atom stereocenters. The van der Waals surface area contributed by atoms with Crippen LogP contribution in [0.4, 0.5) is 0 Å². The number of pyridine rings is 1. The Morgan fingerprint density at radius 3 is 1.96 bits per heavy atom. The molecule has 0 bridgehead atoms. The number of aromatic nitrogens is 1. The lowest BCUT2D eigenvalue weighted by atomic mass is 10.2. The molecule has 2 aliphatic rings. The van der Waals surface area contributed by atoms with Crippen LogP contribution < -0.4 is 39.4 Å². The van der Waals surface area contributed by atoms with Gasteiger partial charge in [-0.2, -0.15) is 0 Å². The first-order valence-electron chi connectivity index (χ1n) is 8.41. The molecule has 3 rings (SSSR count). The molecule has 0 amide bonds. The molecule has 0 radical (unpaired) electrons. The zero-order valence-corrected chi connectivity index (χ0v) is 16.5. The third-order valence-electron chi connectivity index (χ3n) is 4.41. The average Bonchev–Trinajstić information content (AvgIpc) is 2.57. The van der Waals surface area contributed by atoms with E-state index in [-0.39, 0.29) is 30.9 Å². The van der Waals surface area contributed by atoms with E-state index in [2.05, 4.69) is 4.98 Å². The molecular formula is C16H26Cl3N3O3. The molecule has 2 saturated heterocycles. The fraction of sp³-hybridized carbons (Fsp3) is 0.688. The van der Waals surface area contributed by atoms with Crippen LogP contribution in [0.1, 0.15) is 0 Å². The van der Waals surface area contributed by atoms with Crippen molar-refractivity contribution in [1.29, 1.82) is 0 Å². The van der Waals surface area contributed by atoms with Crippen molar-refractivity contribution < 1.29 is 48.8 Å². The first-order chi connectivity index (χ1) is 11.3. The maximum atomic E-state index is 6.18. The number of nitrogens with zero attached hydrogens (tertiary/aromatic N) is 1. The Morgan fingerprint density at radius 2 is 1.48 bits per heavy atom. The molecule has 0 spiro atoms. The lowest BCUT2D eigenvalue weighted by Crippen LogP contribution is -3.19. The van der Waals surface area contributed by atoms with Crippen LogP contribution in [-0.4, -0.2) is 76.8 Å². The summed E-state index contributed by atoms with van der Waals surface area (Å²) in [6.45, 7) is 9.46. The molecule has 1 aromatic rings. The van der Waals surface area contributed by atoms with Crippen LogP contribution in [-0.2, 0) is 9.47 Å². The molecule has 0 saturated carbocycles. The lowest BCUT2D eigenvalue weighted by Gasteiger charge is -2.31. The van der Waals surface area contributed by atoms with Gasteiger partial charge in [0.05, 0.1) is 26.4 Å². The minimum atomic E-state index is 0. The summed E-state index contributed by atoms with van der Waals surface area (Å²) in [6, 6.07) is 5.52. The Balaban J connectivity index is 0.00000156. The number of hydrogen-bond donors (Lipinski definition) is 2. The maximum absolute atomic E-state index is 6.18. The molecule has 0 unspecified atom stereocenters. The summed E-state index contributed by atoms with van der Waals surface area (Å²) in [6.07, 6.45) is 0.127. The Bertz CT molecular complexity index is 467. The second kappa shape index (κ2) is 12.1. The lowest BCUT2D eigenvalue weighted by molar-refractivity contribution is -0.931. The van der Waals surface area contributed by atoms with Crippen molar-refractivity contribution in [2.75, 3.05) is 65.7 Å². The van der Waals surface area contributed by atoms with E-state index in [1.807, 2.05) is 12.1 Å². The molecule has 25 heavy (non-hydrogen) atoms. The highest BCUT2D eigenvalue weighted by Crippen LogP contribution is 2.12. The van der Waals surface area contributed by atoms with Gasteiger partial charge < -0.3 is 48.8 Å². The summed E-state index contributed by atoms with van der Waals surface area (Å²) in [4.78, 5) is 7.35. The molecule has 0 aliphatic carbocycles. The van der Waals surface area contributed by atoms with Gasteiger partial charge >= 0.3 is 0 Å². The SMILES string of the molecule is Clc1cccc(OC(C[NH+]2CCOCC2)C[NH+]2CCOCC2)n1.[Cl-].[Cl-]. The van der Waals surface area contributed by atoms with Gasteiger partial charge in [0, 0.05) is 6.07 Å². The van der Waals surface area contributed by atoms with Crippen molar-refractivity contribution >= 4 is 11.6 Å². The van der Waals surface area contributed by atoms with Gasteiger partial charge in [0.25, 0.3) is 0 Å². The van der Waals surface area contributed by atoms with Crippen LogP contribution in [0.15, 0.2) is 18.2 Å². The minimum absolute atomic E-state index is 0. The monoisotopic (exact) mass is 413 g/mol. The Hall–Kier alpha value is -0.340. The summed E-state index contributed by atoms with van der Waals surface area (Å²) >= 11 is 5.98. The quantitative estimate of drug-likeness (QED) is 0.454. The largest absolute Gasteiger partial charge is 1.00 e. The van der Waals surface area contributed by atoms with Crippen molar-refractivity contribution in [3.05, 3.63) is 23.4 Å². The van der Waals surface area contributed by atoms with E-state index < -0.39 is 0 Å². The van der Waals surface area contributed by atoms with Gasteiger partial charge in [-0.3, -0.25) is 0 Å². The highest BCUT2D eigenvalue weighted by molar-refractivity contribution is 6.29. The Labute approximate surface area is 166 Å². The summed E-state index contributed by atoms with van der Waals surface area (Å²) in [5.74, 6) is 0.614. The van der Waals surface area contributed by atoms with E-state index >= 15 is 0 Å². The smallest absolute Gasteiger partial charge is 0.215 e. The fourth-order valence-corrected chi connectivity index (χ4v) is 3.31. The van der Waals surface area contributed by atoms with E-state index in [4.69, 9.17) is 25.8 Å². The zero-order chi connectivity index (χ0) is 15.9. The number of halogens is 3. The summed E-state index contributed by atoms with van der Waals surface area (Å²) in [5, 5.41) is 0.471. The maximum Gasteiger partial charge on any atom is 0.215 e. The molecule has 2 aliphatic heterocycles. The van der Waals surface area contributed by atoms with Gasteiger partial charge in [0.1, 0.15) is 44.4 Å². The number of rotatable bonds is 6. The van der Waals surface area contributed by atoms with Crippen molar-refractivity contribution in [3.63, 3.8) is 0 Å². The predicted molar refractivity (Wildman–Crippen MR) is 86.4 cm³/mol. The number of morpholine rings is 2. The van der Waals surface area contributed by atoms with Crippen LogP contribution in [0, 0.1) is 0 Å². The molecule has 0 aromatic carbocycles. The Kier molecular flexibility index (Phi) is 11.0. The summed E-state index contributed by atoms with van der Waals surface area (Å²) in [7, 11) is 0. The van der Waals surface area contributed by atoms with Gasteiger partial charge in [0.15, 0.2) is 6.10 Å². The highest BCUT2D eigenvalue weighted by Gasteiger charge is 2.27. The highest BCUT2D eigenvalue weighted by atomic mass is 35.5. The summed E-state index contributed by atoms with van der Waals surface area (Å²) in [5.41, 5.74) is 0. The van der Waals surface area contributed by atoms with Crippen LogP contribution in [0.2, 0.25) is 5.15 Å². The zero-order valence-electron chi connectivity index (χ0n) is 14.2. The number of ether oxygens (including phenoxy) is 3. The second-order valence-corrected chi connectivity index (χ2v) is 6.56. The van der Waals surface area contributed by atoms with Crippen LogP contribution in [0.3, 0.4) is 0 Å². The van der Waals surface area contributed by atoms with E-state index in [9.17, 15) is 0 Å². The average molecular weight is 415 g/mol. The fourth-order valence-electron chi connectivity index (χ4n) is 3.15. The molecule has 9 heteroatoms.